The van der Waals surface area contributed by atoms with Gasteiger partial charge in [-0.1, -0.05) is 23.7 Å². The number of ether oxygens (including phenoxy) is 1. The first kappa shape index (κ1) is 18.7. The highest BCUT2D eigenvalue weighted by molar-refractivity contribution is 7.89. The molecule has 0 radical (unpaired) electrons. The Hall–Kier alpha value is -1.61. The van der Waals surface area contributed by atoms with Crippen LogP contribution in [0.2, 0.25) is 5.15 Å². The molecule has 0 saturated carbocycles. The number of halogens is 1. The van der Waals surface area contributed by atoms with Gasteiger partial charge in [0.1, 0.15) is 10.9 Å². The van der Waals surface area contributed by atoms with E-state index >= 15 is 0 Å². The molecule has 0 spiro atoms. The number of methoxy groups -OCH3 is 1. The Labute approximate surface area is 147 Å². The summed E-state index contributed by atoms with van der Waals surface area (Å²) in [6.07, 6.45) is 1.36. The fourth-order valence-electron chi connectivity index (χ4n) is 2.28. The van der Waals surface area contributed by atoms with Crippen molar-refractivity contribution in [2.45, 2.75) is 11.1 Å². The van der Waals surface area contributed by atoms with Crippen molar-refractivity contribution in [1.82, 2.24) is 19.2 Å². The fourth-order valence-corrected chi connectivity index (χ4v) is 3.74. The van der Waals surface area contributed by atoms with Gasteiger partial charge in [0, 0.05) is 19.6 Å². The summed E-state index contributed by atoms with van der Waals surface area (Å²) < 4.78 is 34.1. The van der Waals surface area contributed by atoms with Gasteiger partial charge < -0.3 is 14.2 Å². The third kappa shape index (κ3) is 4.07. The second kappa shape index (κ2) is 7.52. The van der Waals surface area contributed by atoms with E-state index in [1.807, 2.05) is 43.3 Å². The van der Waals surface area contributed by atoms with Gasteiger partial charge in [0.05, 0.1) is 13.4 Å². The van der Waals surface area contributed by atoms with Crippen LogP contribution in [0.15, 0.2) is 35.6 Å². The average Bonchev–Trinajstić information content (AvgIpc) is 2.87. The van der Waals surface area contributed by atoms with Gasteiger partial charge in [-0.05, 0) is 31.8 Å². The van der Waals surface area contributed by atoms with Crippen LogP contribution in [0.5, 0.6) is 5.75 Å². The van der Waals surface area contributed by atoms with E-state index in [4.69, 9.17) is 16.3 Å². The summed E-state index contributed by atoms with van der Waals surface area (Å²) in [6.45, 7) is 0.176. The summed E-state index contributed by atoms with van der Waals surface area (Å²) in [5.41, 5.74) is 0.939. The molecule has 0 aliphatic carbocycles. The number of sulfonamides is 1. The molecule has 24 heavy (non-hydrogen) atoms. The zero-order chi connectivity index (χ0) is 17.9. The van der Waals surface area contributed by atoms with E-state index in [0.717, 1.165) is 11.3 Å². The highest BCUT2D eigenvalue weighted by Crippen LogP contribution is 2.23. The molecule has 0 amide bonds. The lowest BCUT2D eigenvalue weighted by Crippen LogP contribution is -2.34. The molecule has 0 aliphatic heterocycles. The molecule has 7 nitrogen and oxygen atoms in total. The maximum absolute atomic E-state index is 12.4. The average molecular weight is 373 g/mol. The minimum absolute atomic E-state index is 0.0743. The fraction of sp³-hybridized carbons (Fsp3) is 0.400. The molecule has 132 valence electrons. The number of rotatable bonds is 7. The number of hydrogen-bond acceptors (Lipinski definition) is 5. The predicted molar refractivity (Wildman–Crippen MR) is 92.8 cm³/mol. The maximum atomic E-state index is 12.4. The normalized spacial score (nSPS) is 13.2. The van der Waals surface area contributed by atoms with Gasteiger partial charge in [0.25, 0.3) is 10.0 Å². The topological polar surface area (TPSA) is 76.5 Å². The number of imidazole rings is 1. The summed E-state index contributed by atoms with van der Waals surface area (Å²) >= 11 is 5.98. The summed E-state index contributed by atoms with van der Waals surface area (Å²) in [5.74, 6) is 0.718. The largest absolute Gasteiger partial charge is 0.497 e. The van der Waals surface area contributed by atoms with Crippen molar-refractivity contribution >= 4 is 21.6 Å². The molecule has 1 aromatic heterocycles. The van der Waals surface area contributed by atoms with E-state index in [-0.39, 0.29) is 22.8 Å². The van der Waals surface area contributed by atoms with Crippen molar-refractivity contribution < 1.29 is 13.2 Å². The number of nitrogens with zero attached hydrogens (tertiary/aromatic N) is 3. The SMILES string of the molecule is COc1cccc(C(CNS(=O)(=O)c2ncn(C)c2Cl)N(C)C)c1. The maximum Gasteiger partial charge on any atom is 0.261 e. The lowest BCUT2D eigenvalue weighted by Gasteiger charge is -2.25. The molecule has 1 aromatic carbocycles. The van der Waals surface area contributed by atoms with Crippen LogP contribution >= 0.6 is 11.6 Å². The Balaban J connectivity index is 2.21. The Morgan fingerprint density at radius 2 is 2.12 bits per heavy atom. The van der Waals surface area contributed by atoms with Crippen LogP contribution in [0.3, 0.4) is 0 Å². The van der Waals surface area contributed by atoms with Crippen molar-refractivity contribution in [2.75, 3.05) is 27.7 Å². The molecular weight excluding hydrogens is 352 g/mol. The molecule has 0 aliphatic rings. The summed E-state index contributed by atoms with van der Waals surface area (Å²) in [5, 5.41) is -0.0971. The van der Waals surface area contributed by atoms with Crippen LogP contribution in [0, 0.1) is 0 Å². The second-order valence-electron chi connectivity index (χ2n) is 5.56. The third-order valence-electron chi connectivity index (χ3n) is 3.66. The summed E-state index contributed by atoms with van der Waals surface area (Å²) in [4.78, 5) is 5.78. The molecule has 2 rings (SSSR count). The van der Waals surface area contributed by atoms with E-state index in [9.17, 15) is 8.42 Å². The Bertz CT molecular complexity index is 805. The Kier molecular flexibility index (Phi) is 5.87. The number of nitrogens with one attached hydrogen (secondary N) is 1. The van der Waals surface area contributed by atoms with Crippen LogP contribution in [0.1, 0.15) is 11.6 Å². The minimum atomic E-state index is -3.79. The molecule has 2 aromatic rings. The van der Waals surface area contributed by atoms with Crippen LogP contribution in [-0.2, 0) is 17.1 Å². The minimum Gasteiger partial charge on any atom is -0.497 e. The lowest BCUT2D eigenvalue weighted by atomic mass is 10.1. The first-order valence-corrected chi connectivity index (χ1v) is 9.09. The number of aryl methyl sites for hydroxylation is 1. The van der Waals surface area contributed by atoms with Crippen molar-refractivity contribution in [3.05, 3.63) is 41.3 Å². The zero-order valence-electron chi connectivity index (χ0n) is 14.0. The monoisotopic (exact) mass is 372 g/mol. The van der Waals surface area contributed by atoms with Crippen LogP contribution in [0.4, 0.5) is 0 Å². The molecule has 0 fully saturated rings. The molecule has 9 heteroatoms. The molecule has 0 bridgehead atoms. The number of hydrogen-bond donors (Lipinski definition) is 1. The van der Waals surface area contributed by atoms with Gasteiger partial charge in [-0.15, -0.1) is 0 Å². The standard InChI is InChI=1S/C15H21ClN4O3S/c1-19(2)13(11-6-5-7-12(8-11)23-4)9-18-24(21,22)15-14(16)20(3)10-17-15/h5-8,10,13,18H,9H2,1-4H3. The Morgan fingerprint density at radius 1 is 1.42 bits per heavy atom. The van der Waals surface area contributed by atoms with Crippen molar-refractivity contribution in [2.24, 2.45) is 7.05 Å². The summed E-state index contributed by atoms with van der Waals surface area (Å²) in [6, 6.07) is 7.35. The number of likely N-dealkylation sites (N-methyl/N-ethyl adjacent to an activating group) is 1. The van der Waals surface area contributed by atoms with Gasteiger partial charge in [-0.3, -0.25) is 0 Å². The lowest BCUT2D eigenvalue weighted by molar-refractivity contribution is 0.298. The van der Waals surface area contributed by atoms with Gasteiger partial charge in [0.15, 0.2) is 0 Å². The molecule has 0 saturated heterocycles. The second-order valence-corrected chi connectivity index (χ2v) is 7.60. The van der Waals surface area contributed by atoms with Gasteiger partial charge in [-0.25, -0.2) is 18.1 Å². The smallest absolute Gasteiger partial charge is 0.261 e. The van der Waals surface area contributed by atoms with Gasteiger partial charge in [-0.2, -0.15) is 0 Å². The quantitative estimate of drug-likeness (QED) is 0.800. The number of benzene rings is 1. The van der Waals surface area contributed by atoms with E-state index in [0.29, 0.717) is 0 Å². The molecule has 1 heterocycles. The first-order chi connectivity index (χ1) is 11.3. The summed E-state index contributed by atoms with van der Waals surface area (Å²) in [7, 11) is 3.19. The van der Waals surface area contributed by atoms with Crippen molar-refractivity contribution in [3.8, 4) is 5.75 Å². The van der Waals surface area contributed by atoms with Crippen LogP contribution in [0.25, 0.3) is 0 Å². The molecule has 1 unspecified atom stereocenters. The first-order valence-electron chi connectivity index (χ1n) is 7.23. The van der Waals surface area contributed by atoms with Crippen molar-refractivity contribution in [3.63, 3.8) is 0 Å². The van der Waals surface area contributed by atoms with Gasteiger partial charge >= 0.3 is 0 Å². The molecule has 1 atom stereocenters. The third-order valence-corrected chi connectivity index (χ3v) is 5.57. The predicted octanol–water partition coefficient (Wildman–Crippen LogP) is 1.66. The van der Waals surface area contributed by atoms with Crippen LogP contribution < -0.4 is 9.46 Å². The van der Waals surface area contributed by atoms with E-state index in [1.54, 1.807) is 14.2 Å². The molecular formula is C15H21ClN4O3S. The number of aromatic nitrogens is 2. The van der Waals surface area contributed by atoms with Crippen molar-refractivity contribution in [1.29, 1.82) is 0 Å². The Morgan fingerprint density at radius 3 is 2.67 bits per heavy atom. The highest BCUT2D eigenvalue weighted by atomic mass is 35.5. The zero-order valence-corrected chi connectivity index (χ0v) is 15.6. The van der Waals surface area contributed by atoms with Crippen LogP contribution in [-0.4, -0.2) is 50.6 Å². The highest BCUT2D eigenvalue weighted by Gasteiger charge is 2.24. The van der Waals surface area contributed by atoms with E-state index in [1.165, 1.54) is 10.9 Å². The van der Waals surface area contributed by atoms with E-state index in [2.05, 4.69) is 9.71 Å². The van der Waals surface area contributed by atoms with Gasteiger partial charge in [0.2, 0.25) is 5.03 Å². The molecule has 1 N–H and O–H groups in total. The van der Waals surface area contributed by atoms with E-state index < -0.39 is 10.0 Å².